The van der Waals surface area contributed by atoms with E-state index in [1.54, 1.807) is 12.1 Å². The number of aromatic amines is 2. The predicted molar refractivity (Wildman–Crippen MR) is 130 cm³/mol. The molecule has 2 aromatic heterocycles. The smallest absolute Gasteiger partial charge is 0.320 e. The summed E-state index contributed by atoms with van der Waals surface area (Å²) in [6.07, 6.45) is 9.56. The summed E-state index contributed by atoms with van der Waals surface area (Å²) in [7, 11) is 0. The first-order valence-electron chi connectivity index (χ1n) is 11.5. The van der Waals surface area contributed by atoms with E-state index in [1.165, 1.54) is 35.4 Å². The van der Waals surface area contributed by atoms with E-state index in [0.717, 1.165) is 45.8 Å². The Morgan fingerprint density at radius 2 is 1.21 bits per heavy atom. The van der Waals surface area contributed by atoms with E-state index in [9.17, 15) is 13.6 Å². The molecule has 2 aliphatic heterocycles. The molecule has 0 saturated heterocycles. The van der Waals surface area contributed by atoms with Crippen LogP contribution in [0.1, 0.15) is 24.0 Å². The van der Waals surface area contributed by atoms with Gasteiger partial charge >= 0.3 is 6.03 Å². The van der Waals surface area contributed by atoms with Crippen molar-refractivity contribution in [3.8, 4) is 0 Å². The van der Waals surface area contributed by atoms with Crippen molar-refractivity contribution in [3.05, 3.63) is 83.7 Å². The second kappa shape index (κ2) is 8.17. The second-order valence-electron chi connectivity index (χ2n) is 8.92. The Morgan fingerprint density at radius 1 is 0.735 bits per heavy atom. The highest BCUT2D eigenvalue weighted by Crippen LogP contribution is 2.32. The first-order valence-corrected chi connectivity index (χ1v) is 11.5. The summed E-state index contributed by atoms with van der Waals surface area (Å²) in [6.45, 7) is 2.42. The standard InChI is InChI=1S/C27H24F2N4O/c28-19-1-3-21-23(15-30-25(21)13-19)17-5-9-32(10-6-17)27(34)33-11-7-18(8-12-33)24-16-31-26-14-20(29)2-4-22(24)26/h1-5,7,13-16,30-31H,6,8-12H2. The van der Waals surface area contributed by atoms with Gasteiger partial charge in [-0.05, 0) is 60.4 Å². The molecule has 7 heteroatoms. The molecular formula is C27H24F2N4O. The molecule has 0 atom stereocenters. The molecule has 0 bridgehead atoms. The SMILES string of the molecule is O=C(N1CC=C(c2c[nH]c3cc(F)ccc23)CC1)N1CC=C(c2c[nH]c3cc(F)ccc23)CC1. The Morgan fingerprint density at radius 3 is 1.62 bits per heavy atom. The molecule has 4 aromatic rings. The molecule has 2 aromatic carbocycles. The number of rotatable bonds is 2. The molecule has 0 saturated carbocycles. The number of halogens is 2. The van der Waals surface area contributed by atoms with Gasteiger partial charge < -0.3 is 19.8 Å². The van der Waals surface area contributed by atoms with Crippen molar-refractivity contribution < 1.29 is 13.6 Å². The summed E-state index contributed by atoms with van der Waals surface area (Å²) >= 11 is 0. The molecule has 0 unspecified atom stereocenters. The Bertz CT molecular complexity index is 1370. The molecule has 4 heterocycles. The van der Waals surface area contributed by atoms with Crippen LogP contribution in [0.25, 0.3) is 33.0 Å². The van der Waals surface area contributed by atoms with Gasteiger partial charge in [-0.2, -0.15) is 0 Å². The average Bonchev–Trinajstić information content (AvgIpc) is 3.47. The van der Waals surface area contributed by atoms with E-state index in [4.69, 9.17) is 0 Å². The normalized spacial score (nSPS) is 16.8. The number of nitrogens with one attached hydrogen (secondary N) is 2. The summed E-state index contributed by atoms with van der Waals surface area (Å²) in [5.41, 5.74) is 6.07. The maximum absolute atomic E-state index is 13.5. The highest BCUT2D eigenvalue weighted by molar-refractivity contribution is 5.94. The maximum atomic E-state index is 13.5. The molecule has 2 aliphatic rings. The Kier molecular flexibility index (Phi) is 4.98. The van der Waals surface area contributed by atoms with Gasteiger partial charge in [0.1, 0.15) is 11.6 Å². The summed E-state index contributed by atoms with van der Waals surface area (Å²) in [6, 6.07) is 9.62. The van der Waals surface area contributed by atoms with Gasteiger partial charge in [-0.1, -0.05) is 12.2 Å². The minimum atomic E-state index is -0.257. The molecular weight excluding hydrogens is 434 g/mol. The van der Waals surface area contributed by atoms with Gasteiger partial charge in [0.25, 0.3) is 0 Å². The van der Waals surface area contributed by atoms with Crippen LogP contribution in [-0.4, -0.2) is 52.0 Å². The van der Waals surface area contributed by atoms with E-state index in [2.05, 4.69) is 22.1 Å². The van der Waals surface area contributed by atoms with Crippen LogP contribution in [0.5, 0.6) is 0 Å². The lowest BCUT2D eigenvalue weighted by atomic mass is 9.98. The van der Waals surface area contributed by atoms with E-state index in [-0.39, 0.29) is 17.7 Å². The monoisotopic (exact) mass is 458 g/mol. The number of urea groups is 1. The van der Waals surface area contributed by atoms with Gasteiger partial charge in [-0.15, -0.1) is 0 Å². The second-order valence-corrected chi connectivity index (χ2v) is 8.92. The first kappa shape index (κ1) is 20.7. The van der Waals surface area contributed by atoms with Crippen molar-refractivity contribution in [2.45, 2.75) is 12.8 Å². The number of amides is 2. The molecule has 2 amide bonds. The van der Waals surface area contributed by atoms with Gasteiger partial charge in [0.2, 0.25) is 0 Å². The Hall–Kier alpha value is -3.87. The molecule has 2 N–H and O–H groups in total. The zero-order valence-corrected chi connectivity index (χ0v) is 18.6. The third-order valence-electron chi connectivity index (χ3n) is 6.94. The van der Waals surface area contributed by atoms with Gasteiger partial charge in [-0.25, -0.2) is 13.6 Å². The minimum Gasteiger partial charge on any atom is -0.360 e. The van der Waals surface area contributed by atoms with Crippen molar-refractivity contribution in [2.75, 3.05) is 26.2 Å². The fourth-order valence-corrected chi connectivity index (χ4v) is 5.10. The quantitative estimate of drug-likeness (QED) is 0.385. The van der Waals surface area contributed by atoms with Gasteiger partial charge in [0.05, 0.1) is 0 Å². The number of aromatic nitrogens is 2. The van der Waals surface area contributed by atoms with Crippen LogP contribution in [0.15, 0.2) is 60.9 Å². The van der Waals surface area contributed by atoms with Crippen LogP contribution in [0.2, 0.25) is 0 Å². The number of hydrogen-bond donors (Lipinski definition) is 2. The predicted octanol–water partition coefficient (Wildman–Crippen LogP) is 5.93. The largest absolute Gasteiger partial charge is 0.360 e. The first-order chi connectivity index (χ1) is 16.6. The third-order valence-corrected chi connectivity index (χ3v) is 6.94. The van der Waals surface area contributed by atoms with Gasteiger partial charge in [0.15, 0.2) is 0 Å². The van der Waals surface area contributed by atoms with E-state index >= 15 is 0 Å². The zero-order valence-electron chi connectivity index (χ0n) is 18.6. The van der Waals surface area contributed by atoms with Crippen LogP contribution in [-0.2, 0) is 0 Å². The van der Waals surface area contributed by atoms with Crippen LogP contribution in [0, 0.1) is 11.6 Å². The van der Waals surface area contributed by atoms with Gasteiger partial charge in [-0.3, -0.25) is 0 Å². The molecule has 0 radical (unpaired) electrons. The van der Waals surface area contributed by atoms with Crippen LogP contribution in [0.3, 0.4) is 0 Å². The highest BCUT2D eigenvalue weighted by Gasteiger charge is 2.26. The van der Waals surface area contributed by atoms with Crippen molar-refractivity contribution in [1.29, 1.82) is 0 Å². The number of H-pyrrole nitrogens is 2. The number of hydrogen-bond acceptors (Lipinski definition) is 1. The van der Waals surface area contributed by atoms with E-state index in [1.807, 2.05) is 22.2 Å². The van der Waals surface area contributed by atoms with Crippen LogP contribution in [0.4, 0.5) is 13.6 Å². The fourth-order valence-electron chi connectivity index (χ4n) is 5.10. The van der Waals surface area contributed by atoms with Crippen molar-refractivity contribution >= 4 is 39.0 Å². The zero-order chi connectivity index (χ0) is 23.2. The molecule has 5 nitrogen and oxygen atoms in total. The summed E-state index contributed by atoms with van der Waals surface area (Å²) in [5, 5.41) is 2.00. The highest BCUT2D eigenvalue weighted by atomic mass is 19.1. The minimum absolute atomic E-state index is 0.0487. The van der Waals surface area contributed by atoms with Gasteiger partial charge in [0, 0.05) is 71.5 Å². The number of nitrogens with zero attached hydrogens (tertiary/aromatic N) is 2. The number of carbonyl (C=O) groups is 1. The molecule has 172 valence electrons. The lowest BCUT2D eigenvalue weighted by Gasteiger charge is -2.34. The van der Waals surface area contributed by atoms with Crippen molar-refractivity contribution in [2.24, 2.45) is 0 Å². The number of benzene rings is 2. The lowest BCUT2D eigenvalue weighted by molar-refractivity contribution is 0.162. The summed E-state index contributed by atoms with van der Waals surface area (Å²) < 4.78 is 27.0. The lowest BCUT2D eigenvalue weighted by Crippen LogP contribution is -2.46. The summed E-state index contributed by atoms with van der Waals surface area (Å²) in [5.74, 6) is -0.514. The molecule has 0 spiro atoms. The molecule has 34 heavy (non-hydrogen) atoms. The van der Waals surface area contributed by atoms with Crippen LogP contribution < -0.4 is 0 Å². The van der Waals surface area contributed by atoms with E-state index in [0.29, 0.717) is 26.2 Å². The third kappa shape index (κ3) is 3.57. The molecule has 0 fully saturated rings. The van der Waals surface area contributed by atoms with Crippen LogP contribution >= 0.6 is 0 Å². The Labute approximate surface area is 195 Å². The number of fused-ring (bicyclic) bond motifs is 2. The maximum Gasteiger partial charge on any atom is 0.320 e. The average molecular weight is 459 g/mol. The number of carbonyl (C=O) groups excluding carboxylic acids is 1. The van der Waals surface area contributed by atoms with Crippen molar-refractivity contribution in [1.82, 2.24) is 19.8 Å². The Balaban J connectivity index is 1.14. The van der Waals surface area contributed by atoms with Crippen molar-refractivity contribution in [3.63, 3.8) is 0 Å². The summed E-state index contributed by atoms with van der Waals surface area (Å²) in [4.78, 5) is 23.2. The fraction of sp³-hybridized carbons (Fsp3) is 0.222. The topological polar surface area (TPSA) is 55.1 Å². The molecule has 0 aliphatic carbocycles. The van der Waals surface area contributed by atoms with E-state index < -0.39 is 0 Å². The molecule has 6 rings (SSSR count).